The number of nitrogens with one attached hydrogen (secondary N) is 1. The van der Waals surface area contributed by atoms with Crippen molar-refractivity contribution in [3.8, 4) is 11.1 Å². The number of rotatable bonds is 5. The van der Waals surface area contributed by atoms with Crippen LogP contribution in [0.3, 0.4) is 0 Å². The van der Waals surface area contributed by atoms with Crippen molar-refractivity contribution in [3.05, 3.63) is 65.9 Å². The van der Waals surface area contributed by atoms with E-state index in [0.717, 1.165) is 21.7 Å². The molecule has 2 aromatic carbocycles. The van der Waals surface area contributed by atoms with Crippen LogP contribution < -0.4 is 5.32 Å². The summed E-state index contributed by atoms with van der Waals surface area (Å²) in [6, 6.07) is 15.8. The predicted octanol–water partition coefficient (Wildman–Crippen LogP) is 2.32. The number of β-amino-alcohol motifs (C(OH)–C–C–N with tert-alkyl or cyclic N) is 1. The zero-order valence-corrected chi connectivity index (χ0v) is 13.3. The largest absolute Gasteiger partial charge is 0.395 e. The second-order valence-corrected chi connectivity index (χ2v) is 5.59. The molecule has 0 atom stereocenters. The molecule has 0 bridgehead atoms. The van der Waals surface area contributed by atoms with Crippen molar-refractivity contribution in [2.45, 2.75) is 6.92 Å². The number of aryl methyl sites for hydroxylation is 1. The molecule has 0 unspecified atom stereocenters. The standard InChI is InChI=1S/C19H18N2O3/c1-13-4-2-3-5-16(13)14-6-8-15(9-7-14)20-17-12-18(23)21(10-11-22)19(17)24/h2-9,12,20,22H,10-11H2,1H3. The molecule has 1 heterocycles. The molecule has 24 heavy (non-hydrogen) atoms. The maximum Gasteiger partial charge on any atom is 0.277 e. The molecule has 5 nitrogen and oxygen atoms in total. The highest BCUT2D eigenvalue weighted by molar-refractivity contribution is 6.17. The van der Waals surface area contributed by atoms with Gasteiger partial charge in [-0.2, -0.15) is 0 Å². The Balaban J connectivity index is 1.76. The van der Waals surface area contributed by atoms with Gasteiger partial charge < -0.3 is 10.4 Å². The van der Waals surface area contributed by atoms with Gasteiger partial charge in [-0.05, 0) is 35.7 Å². The molecule has 0 saturated carbocycles. The lowest BCUT2D eigenvalue weighted by Gasteiger charge is -2.13. The van der Waals surface area contributed by atoms with E-state index < -0.39 is 11.8 Å². The van der Waals surface area contributed by atoms with Crippen molar-refractivity contribution in [1.29, 1.82) is 0 Å². The van der Waals surface area contributed by atoms with E-state index in [1.165, 1.54) is 11.6 Å². The zero-order chi connectivity index (χ0) is 17.1. The molecule has 0 aromatic heterocycles. The Labute approximate surface area is 140 Å². The summed E-state index contributed by atoms with van der Waals surface area (Å²) >= 11 is 0. The summed E-state index contributed by atoms with van der Waals surface area (Å²) in [6.07, 6.45) is 1.26. The van der Waals surface area contributed by atoms with E-state index in [4.69, 9.17) is 5.11 Å². The Kier molecular flexibility index (Phi) is 4.44. The van der Waals surface area contributed by atoms with Crippen LogP contribution in [0.2, 0.25) is 0 Å². The second-order valence-electron chi connectivity index (χ2n) is 5.59. The number of aliphatic hydroxyl groups excluding tert-OH is 1. The number of carbonyl (C=O) groups is 2. The summed E-state index contributed by atoms with van der Waals surface area (Å²) in [5.74, 6) is -0.829. The first-order valence-electron chi connectivity index (χ1n) is 7.71. The zero-order valence-electron chi connectivity index (χ0n) is 13.3. The first-order chi connectivity index (χ1) is 11.6. The van der Waals surface area contributed by atoms with Crippen LogP contribution in [0.1, 0.15) is 5.56 Å². The van der Waals surface area contributed by atoms with Gasteiger partial charge in [0.05, 0.1) is 13.2 Å². The third kappa shape index (κ3) is 3.07. The van der Waals surface area contributed by atoms with Crippen LogP contribution in [0.15, 0.2) is 60.3 Å². The number of benzene rings is 2. The summed E-state index contributed by atoms with van der Waals surface area (Å²) in [6.45, 7) is 1.82. The molecular weight excluding hydrogens is 304 g/mol. The molecule has 2 aromatic rings. The SMILES string of the molecule is Cc1ccccc1-c1ccc(NC2=CC(=O)N(CCO)C2=O)cc1. The van der Waals surface area contributed by atoms with Crippen LogP contribution in [-0.4, -0.2) is 35.0 Å². The fourth-order valence-electron chi connectivity index (χ4n) is 2.70. The molecular formula is C19H18N2O3. The Morgan fingerprint density at radius 3 is 2.42 bits per heavy atom. The highest BCUT2D eigenvalue weighted by atomic mass is 16.3. The van der Waals surface area contributed by atoms with Gasteiger partial charge in [-0.3, -0.25) is 14.5 Å². The van der Waals surface area contributed by atoms with Crippen LogP contribution in [0, 0.1) is 6.92 Å². The summed E-state index contributed by atoms with van der Waals surface area (Å²) < 4.78 is 0. The molecule has 0 fully saturated rings. The molecule has 5 heteroatoms. The summed E-state index contributed by atoms with van der Waals surface area (Å²) in [5.41, 5.74) is 4.38. The van der Waals surface area contributed by atoms with Crippen molar-refractivity contribution in [1.82, 2.24) is 4.90 Å². The number of aliphatic hydroxyl groups is 1. The van der Waals surface area contributed by atoms with Gasteiger partial charge >= 0.3 is 0 Å². The van der Waals surface area contributed by atoms with Crippen molar-refractivity contribution in [2.75, 3.05) is 18.5 Å². The van der Waals surface area contributed by atoms with Crippen LogP contribution >= 0.6 is 0 Å². The van der Waals surface area contributed by atoms with E-state index in [2.05, 4.69) is 24.4 Å². The van der Waals surface area contributed by atoms with Crippen molar-refractivity contribution in [2.24, 2.45) is 0 Å². The molecule has 1 aliphatic rings. The molecule has 3 rings (SSSR count). The molecule has 0 saturated heterocycles. The lowest BCUT2D eigenvalue weighted by atomic mass is 10.0. The van der Waals surface area contributed by atoms with E-state index in [1.807, 2.05) is 36.4 Å². The number of amides is 2. The summed E-state index contributed by atoms with van der Waals surface area (Å²) in [4.78, 5) is 24.9. The van der Waals surface area contributed by atoms with Crippen LogP contribution in [0.25, 0.3) is 11.1 Å². The summed E-state index contributed by atoms with van der Waals surface area (Å²) in [7, 11) is 0. The molecule has 2 amide bonds. The van der Waals surface area contributed by atoms with Gasteiger partial charge in [0.25, 0.3) is 11.8 Å². The van der Waals surface area contributed by atoms with Gasteiger partial charge in [-0.1, -0.05) is 36.4 Å². The second kappa shape index (κ2) is 6.68. The minimum atomic E-state index is -0.419. The first-order valence-corrected chi connectivity index (χ1v) is 7.71. The molecule has 1 aliphatic heterocycles. The maximum atomic E-state index is 12.1. The van der Waals surface area contributed by atoms with Crippen LogP contribution in [0.5, 0.6) is 0 Å². The topological polar surface area (TPSA) is 69.6 Å². The minimum absolute atomic E-state index is 0.00552. The molecule has 0 radical (unpaired) electrons. The molecule has 0 aliphatic carbocycles. The number of anilines is 1. The third-order valence-corrected chi connectivity index (χ3v) is 3.95. The third-order valence-electron chi connectivity index (χ3n) is 3.95. The number of hydrogen-bond acceptors (Lipinski definition) is 4. The highest BCUT2D eigenvalue weighted by Crippen LogP contribution is 2.25. The predicted molar refractivity (Wildman–Crippen MR) is 92.1 cm³/mol. The van der Waals surface area contributed by atoms with Crippen molar-refractivity contribution < 1.29 is 14.7 Å². The number of carbonyl (C=O) groups excluding carboxylic acids is 2. The van der Waals surface area contributed by atoms with Gasteiger partial charge in [0.15, 0.2) is 0 Å². The van der Waals surface area contributed by atoms with E-state index in [0.29, 0.717) is 0 Å². The van der Waals surface area contributed by atoms with Crippen molar-refractivity contribution in [3.63, 3.8) is 0 Å². The quantitative estimate of drug-likeness (QED) is 0.829. The fraction of sp³-hybridized carbons (Fsp3) is 0.158. The Morgan fingerprint density at radius 1 is 1.04 bits per heavy atom. The highest BCUT2D eigenvalue weighted by Gasteiger charge is 2.30. The van der Waals surface area contributed by atoms with Gasteiger partial charge in [-0.25, -0.2) is 0 Å². The number of hydrogen-bond donors (Lipinski definition) is 2. The monoisotopic (exact) mass is 322 g/mol. The molecule has 122 valence electrons. The van der Waals surface area contributed by atoms with Gasteiger partial charge in [0.2, 0.25) is 0 Å². The van der Waals surface area contributed by atoms with E-state index in [1.54, 1.807) is 0 Å². The number of imide groups is 1. The molecule has 0 spiro atoms. The van der Waals surface area contributed by atoms with Gasteiger partial charge in [0, 0.05) is 11.8 Å². The summed E-state index contributed by atoms with van der Waals surface area (Å²) in [5, 5.41) is 11.9. The Bertz CT molecular complexity index is 810. The van der Waals surface area contributed by atoms with Crippen LogP contribution in [0.4, 0.5) is 5.69 Å². The fourth-order valence-corrected chi connectivity index (χ4v) is 2.70. The lowest BCUT2D eigenvalue weighted by molar-refractivity contribution is -0.137. The maximum absolute atomic E-state index is 12.1. The minimum Gasteiger partial charge on any atom is -0.395 e. The Hall–Kier alpha value is -2.92. The average Bonchev–Trinajstić information content (AvgIpc) is 2.84. The first kappa shape index (κ1) is 16.0. The normalized spacial score (nSPS) is 14.1. The van der Waals surface area contributed by atoms with Crippen molar-refractivity contribution >= 4 is 17.5 Å². The van der Waals surface area contributed by atoms with Gasteiger partial charge in [0.1, 0.15) is 5.70 Å². The van der Waals surface area contributed by atoms with E-state index >= 15 is 0 Å². The van der Waals surface area contributed by atoms with E-state index in [-0.39, 0.29) is 18.8 Å². The molecule has 2 N–H and O–H groups in total. The number of nitrogens with zero attached hydrogens (tertiary/aromatic N) is 1. The van der Waals surface area contributed by atoms with Gasteiger partial charge in [-0.15, -0.1) is 0 Å². The van der Waals surface area contributed by atoms with Crippen LogP contribution in [-0.2, 0) is 9.59 Å². The Morgan fingerprint density at radius 2 is 1.75 bits per heavy atom. The lowest BCUT2D eigenvalue weighted by Crippen LogP contribution is -2.34. The van der Waals surface area contributed by atoms with E-state index in [9.17, 15) is 9.59 Å². The average molecular weight is 322 g/mol. The smallest absolute Gasteiger partial charge is 0.277 e.